The minimum absolute atomic E-state index is 0.0415. The molecule has 0 radical (unpaired) electrons. The van der Waals surface area contributed by atoms with Gasteiger partial charge in [0.25, 0.3) is 0 Å². The predicted octanol–water partition coefficient (Wildman–Crippen LogP) is 1.47. The largest absolute Gasteiger partial charge is 0.324 e. The van der Waals surface area contributed by atoms with Crippen molar-refractivity contribution < 1.29 is 13.2 Å². The number of aryl methyl sites for hydroxylation is 1. The van der Waals surface area contributed by atoms with Gasteiger partial charge in [-0.25, -0.2) is 8.42 Å². The molecule has 0 atom stereocenters. The van der Waals surface area contributed by atoms with E-state index < -0.39 is 10.0 Å². The van der Waals surface area contributed by atoms with Crippen LogP contribution in [0.15, 0.2) is 42.7 Å². The Bertz CT molecular complexity index is 1070. The van der Waals surface area contributed by atoms with E-state index in [2.05, 4.69) is 10.1 Å². The number of anilines is 1. The smallest absolute Gasteiger partial charge is 0.235 e. The molecule has 2 heterocycles. The summed E-state index contributed by atoms with van der Waals surface area (Å²) < 4.78 is 28.4. The van der Waals surface area contributed by atoms with Crippen molar-refractivity contribution in [2.24, 2.45) is 12.8 Å². The molecule has 0 bridgehead atoms. The number of aromatic nitrogens is 3. The zero-order valence-electron chi connectivity index (χ0n) is 15.2. The van der Waals surface area contributed by atoms with E-state index in [0.717, 1.165) is 10.9 Å². The minimum Gasteiger partial charge on any atom is -0.324 e. The second-order valence-corrected chi connectivity index (χ2v) is 8.27. The van der Waals surface area contributed by atoms with Crippen LogP contribution < -0.4 is 10.0 Å². The summed E-state index contributed by atoms with van der Waals surface area (Å²) in [6.45, 7) is 1.57. The fourth-order valence-corrected chi connectivity index (χ4v) is 3.82. The Morgan fingerprint density at radius 2 is 2.00 bits per heavy atom. The van der Waals surface area contributed by atoms with Gasteiger partial charge in [-0.15, -0.1) is 0 Å². The first kappa shape index (κ1) is 19.0. The maximum absolute atomic E-state index is 12.7. The standard InChI is InChI=1S/C18H21N5O3S/c1-3-27(25,26)23(12-15-6-4-14(10-20-15)18(24)9-19)16-7-5-13-11-21-22(2)17(13)8-16/h4-8,10-11H,3,9,12,19H2,1-2H3. The number of carbonyl (C=O) groups excluding carboxylic acids is 1. The summed E-state index contributed by atoms with van der Waals surface area (Å²) in [5.74, 6) is -0.256. The van der Waals surface area contributed by atoms with Gasteiger partial charge in [-0.1, -0.05) is 0 Å². The number of pyridine rings is 1. The molecule has 0 spiro atoms. The fraction of sp³-hybridized carbons (Fsp3) is 0.278. The quantitative estimate of drug-likeness (QED) is 0.615. The molecule has 142 valence electrons. The summed E-state index contributed by atoms with van der Waals surface area (Å²) in [7, 11) is -1.73. The average molecular weight is 387 g/mol. The lowest BCUT2D eigenvalue weighted by molar-refractivity contribution is 0.100. The maximum Gasteiger partial charge on any atom is 0.235 e. The Hall–Kier alpha value is -2.78. The number of hydrogen-bond donors (Lipinski definition) is 1. The Morgan fingerprint density at radius 3 is 2.63 bits per heavy atom. The van der Waals surface area contributed by atoms with Crippen LogP contribution in [0.3, 0.4) is 0 Å². The van der Waals surface area contributed by atoms with Gasteiger partial charge in [0.2, 0.25) is 10.0 Å². The molecule has 2 aromatic heterocycles. The van der Waals surface area contributed by atoms with Crippen molar-refractivity contribution in [1.82, 2.24) is 14.8 Å². The first-order valence-corrected chi connectivity index (χ1v) is 10.1. The van der Waals surface area contributed by atoms with Crippen LogP contribution in [-0.2, 0) is 23.6 Å². The minimum atomic E-state index is -3.53. The molecule has 0 saturated heterocycles. The number of nitrogens with zero attached hydrogens (tertiary/aromatic N) is 4. The first-order valence-electron chi connectivity index (χ1n) is 8.46. The Morgan fingerprint density at radius 1 is 1.22 bits per heavy atom. The van der Waals surface area contributed by atoms with Crippen molar-refractivity contribution in [2.45, 2.75) is 13.5 Å². The van der Waals surface area contributed by atoms with Gasteiger partial charge in [0, 0.05) is 24.2 Å². The lowest BCUT2D eigenvalue weighted by Crippen LogP contribution is -2.32. The molecule has 9 heteroatoms. The molecular weight excluding hydrogens is 366 g/mol. The molecule has 0 unspecified atom stereocenters. The van der Waals surface area contributed by atoms with Crippen molar-refractivity contribution in [3.8, 4) is 0 Å². The van der Waals surface area contributed by atoms with E-state index in [0.29, 0.717) is 16.9 Å². The monoisotopic (exact) mass is 387 g/mol. The van der Waals surface area contributed by atoms with E-state index in [-0.39, 0.29) is 24.6 Å². The van der Waals surface area contributed by atoms with E-state index in [1.54, 1.807) is 49.1 Å². The number of carbonyl (C=O) groups is 1. The van der Waals surface area contributed by atoms with Crippen molar-refractivity contribution in [3.05, 3.63) is 54.0 Å². The van der Waals surface area contributed by atoms with Crippen LogP contribution in [0.4, 0.5) is 5.69 Å². The van der Waals surface area contributed by atoms with E-state index >= 15 is 0 Å². The number of ketones is 1. The normalized spacial score (nSPS) is 11.7. The van der Waals surface area contributed by atoms with Gasteiger partial charge in [-0.3, -0.25) is 18.8 Å². The van der Waals surface area contributed by atoms with Gasteiger partial charge in [-0.2, -0.15) is 5.10 Å². The zero-order chi connectivity index (χ0) is 19.6. The molecule has 3 aromatic rings. The molecule has 1 aromatic carbocycles. The van der Waals surface area contributed by atoms with Crippen LogP contribution in [0.25, 0.3) is 10.9 Å². The molecule has 0 aliphatic heterocycles. The number of hydrogen-bond acceptors (Lipinski definition) is 6. The van der Waals surface area contributed by atoms with E-state index in [9.17, 15) is 13.2 Å². The van der Waals surface area contributed by atoms with Crippen LogP contribution in [0.2, 0.25) is 0 Å². The number of fused-ring (bicyclic) bond motifs is 1. The summed E-state index contributed by atoms with van der Waals surface area (Å²) in [5.41, 5.74) is 7.66. The molecule has 0 saturated carbocycles. The second kappa shape index (κ2) is 7.45. The summed E-state index contributed by atoms with van der Waals surface area (Å²) in [4.78, 5) is 15.9. The topological polar surface area (TPSA) is 111 Å². The predicted molar refractivity (Wildman–Crippen MR) is 104 cm³/mol. The molecule has 0 aliphatic carbocycles. The third kappa shape index (κ3) is 3.83. The highest BCUT2D eigenvalue weighted by Gasteiger charge is 2.22. The summed E-state index contributed by atoms with van der Waals surface area (Å²) in [6.07, 6.45) is 3.15. The summed E-state index contributed by atoms with van der Waals surface area (Å²) in [5, 5.41) is 5.12. The van der Waals surface area contributed by atoms with Gasteiger partial charge in [0.1, 0.15) is 0 Å². The Labute approximate surface area is 157 Å². The van der Waals surface area contributed by atoms with Crippen molar-refractivity contribution in [2.75, 3.05) is 16.6 Å². The molecule has 0 amide bonds. The summed E-state index contributed by atoms with van der Waals surface area (Å²) in [6, 6.07) is 8.64. The number of nitrogens with two attached hydrogens (primary N) is 1. The van der Waals surface area contributed by atoms with Gasteiger partial charge in [-0.05, 0) is 37.3 Å². The number of sulfonamides is 1. The molecule has 0 aliphatic rings. The lowest BCUT2D eigenvalue weighted by atomic mass is 10.2. The van der Waals surface area contributed by atoms with Crippen LogP contribution >= 0.6 is 0 Å². The molecule has 2 N–H and O–H groups in total. The number of Topliss-reactive ketones (excluding diaryl/α,β-unsaturated/α-hetero) is 1. The molecule has 0 fully saturated rings. The highest BCUT2D eigenvalue weighted by molar-refractivity contribution is 7.92. The molecule has 8 nitrogen and oxygen atoms in total. The third-order valence-corrected chi connectivity index (χ3v) is 6.10. The first-order chi connectivity index (χ1) is 12.9. The van der Waals surface area contributed by atoms with Crippen molar-refractivity contribution in [3.63, 3.8) is 0 Å². The van der Waals surface area contributed by atoms with Gasteiger partial charge in [0.15, 0.2) is 5.78 Å². The molecular formula is C18H21N5O3S. The number of rotatable bonds is 7. The van der Waals surface area contributed by atoms with Crippen molar-refractivity contribution >= 4 is 32.4 Å². The van der Waals surface area contributed by atoms with E-state index in [1.807, 2.05) is 6.07 Å². The molecule has 3 rings (SSSR count). The zero-order valence-corrected chi connectivity index (χ0v) is 16.0. The maximum atomic E-state index is 12.7. The lowest BCUT2D eigenvalue weighted by Gasteiger charge is -2.23. The van der Waals surface area contributed by atoms with Gasteiger partial charge < -0.3 is 5.73 Å². The fourth-order valence-electron chi connectivity index (χ4n) is 2.74. The van der Waals surface area contributed by atoms with E-state index in [1.165, 1.54) is 10.5 Å². The third-order valence-electron chi connectivity index (χ3n) is 4.36. The second-order valence-electron chi connectivity index (χ2n) is 6.08. The van der Waals surface area contributed by atoms with E-state index in [4.69, 9.17) is 5.73 Å². The molecule has 27 heavy (non-hydrogen) atoms. The number of benzene rings is 1. The Kier molecular flexibility index (Phi) is 5.24. The van der Waals surface area contributed by atoms with Crippen LogP contribution in [0, 0.1) is 0 Å². The van der Waals surface area contributed by atoms with Gasteiger partial charge >= 0.3 is 0 Å². The average Bonchev–Trinajstić information content (AvgIpc) is 3.06. The van der Waals surface area contributed by atoms with Crippen LogP contribution in [-0.4, -0.2) is 41.3 Å². The highest BCUT2D eigenvalue weighted by atomic mass is 32.2. The van der Waals surface area contributed by atoms with Crippen LogP contribution in [0.5, 0.6) is 0 Å². The van der Waals surface area contributed by atoms with Gasteiger partial charge in [0.05, 0.1) is 41.9 Å². The summed E-state index contributed by atoms with van der Waals surface area (Å²) >= 11 is 0. The Balaban J connectivity index is 1.98. The highest BCUT2D eigenvalue weighted by Crippen LogP contribution is 2.25. The SMILES string of the molecule is CCS(=O)(=O)N(Cc1ccc(C(=O)CN)cn1)c1ccc2cnn(C)c2c1. The van der Waals surface area contributed by atoms with Crippen LogP contribution in [0.1, 0.15) is 23.0 Å². The van der Waals surface area contributed by atoms with Crippen molar-refractivity contribution in [1.29, 1.82) is 0 Å².